The lowest BCUT2D eigenvalue weighted by Crippen LogP contribution is -2.12. The molecule has 1 N–H and O–H groups in total. The van der Waals surface area contributed by atoms with E-state index in [1.165, 1.54) is 17.0 Å². The van der Waals surface area contributed by atoms with E-state index in [4.69, 9.17) is 0 Å². The summed E-state index contributed by atoms with van der Waals surface area (Å²) in [5.74, 6) is -0.210. The van der Waals surface area contributed by atoms with Crippen molar-refractivity contribution < 1.29 is 4.39 Å². The van der Waals surface area contributed by atoms with Crippen LogP contribution < -0.4 is 5.32 Å². The summed E-state index contributed by atoms with van der Waals surface area (Å²) in [6, 6.07) is 4.69. The highest BCUT2D eigenvalue weighted by Gasteiger charge is 2.01. The van der Waals surface area contributed by atoms with Gasteiger partial charge in [-0.2, -0.15) is 0 Å². The van der Waals surface area contributed by atoms with E-state index < -0.39 is 0 Å². The number of benzene rings is 1. The molecule has 0 unspecified atom stereocenters. The molecule has 0 atom stereocenters. The fourth-order valence-corrected chi connectivity index (χ4v) is 2.28. The van der Waals surface area contributed by atoms with Crippen LogP contribution in [0, 0.1) is 5.82 Å². The van der Waals surface area contributed by atoms with Gasteiger partial charge in [0, 0.05) is 28.6 Å². The Kier molecular flexibility index (Phi) is 4.04. The molecule has 5 heteroatoms. The van der Waals surface area contributed by atoms with Crippen molar-refractivity contribution in [2.75, 3.05) is 0 Å². The third-order valence-electron chi connectivity index (χ3n) is 2.11. The predicted octanol–water partition coefficient (Wildman–Crippen LogP) is 3.33. The molecule has 2 rings (SSSR count). The fraction of sp³-hybridized carbons (Fsp3) is 0.182. The van der Waals surface area contributed by atoms with E-state index in [1.54, 1.807) is 22.9 Å². The minimum atomic E-state index is -0.210. The maximum absolute atomic E-state index is 13.0. The van der Waals surface area contributed by atoms with Gasteiger partial charge < -0.3 is 5.32 Å². The average molecular weight is 301 g/mol. The van der Waals surface area contributed by atoms with Crippen LogP contribution in [0.1, 0.15) is 10.4 Å². The predicted molar refractivity (Wildman–Crippen MR) is 66.8 cm³/mol. The summed E-state index contributed by atoms with van der Waals surface area (Å²) in [4.78, 5) is 5.16. The monoisotopic (exact) mass is 300 g/mol. The maximum Gasteiger partial charge on any atom is 0.123 e. The Morgan fingerprint density at radius 1 is 1.38 bits per heavy atom. The number of hydrogen-bond donors (Lipinski definition) is 1. The van der Waals surface area contributed by atoms with Gasteiger partial charge in [-0.1, -0.05) is 15.9 Å². The van der Waals surface area contributed by atoms with Crippen molar-refractivity contribution in [3.8, 4) is 0 Å². The third-order valence-corrected chi connectivity index (χ3v) is 3.66. The van der Waals surface area contributed by atoms with Gasteiger partial charge in [-0.15, -0.1) is 11.3 Å². The summed E-state index contributed by atoms with van der Waals surface area (Å²) >= 11 is 5.00. The number of aromatic nitrogens is 1. The first-order valence-electron chi connectivity index (χ1n) is 4.78. The zero-order valence-corrected chi connectivity index (χ0v) is 10.8. The lowest BCUT2D eigenvalue weighted by atomic mass is 10.2. The second-order valence-electron chi connectivity index (χ2n) is 3.31. The van der Waals surface area contributed by atoms with Crippen LogP contribution in [0.25, 0.3) is 0 Å². The highest BCUT2D eigenvalue weighted by molar-refractivity contribution is 9.10. The van der Waals surface area contributed by atoms with Gasteiger partial charge in [-0.25, -0.2) is 4.39 Å². The number of thiazole rings is 1. The zero-order chi connectivity index (χ0) is 11.4. The topological polar surface area (TPSA) is 24.9 Å². The Bertz CT molecular complexity index is 459. The largest absolute Gasteiger partial charge is 0.308 e. The number of rotatable bonds is 4. The van der Waals surface area contributed by atoms with Gasteiger partial charge in [0.15, 0.2) is 0 Å². The molecule has 1 aromatic heterocycles. The van der Waals surface area contributed by atoms with Crippen LogP contribution >= 0.6 is 27.3 Å². The van der Waals surface area contributed by atoms with Gasteiger partial charge in [0.1, 0.15) is 5.82 Å². The fourth-order valence-electron chi connectivity index (χ4n) is 1.33. The molecule has 0 aliphatic heterocycles. The minimum Gasteiger partial charge on any atom is -0.308 e. The lowest BCUT2D eigenvalue weighted by Gasteiger charge is -2.05. The first-order valence-corrected chi connectivity index (χ1v) is 6.45. The molecular formula is C11H10BrFN2S. The Hall–Kier alpha value is -0.780. The number of hydrogen-bond acceptors (Lipinski definition) is 3. The van der Waals surface area contributed by atoms with Crippen molar-refractivity contribution in [2.45, 2.75) is 13.1 Å². The van der Waals surface area contributed by atoms with Gasteiger partial charge in [0.2, 0.25) is 0 Å². The zero-order valence-electron chi connectivity index (χ0n) is 8.41. The van der Waals surface area contributed by atoms with Crippen LogP contribution in [0.3, 0.4) is 0 Å². The molecule has 0 saturated carbocycles. The van der Waals surface area contributed by atoms with Gasteiger partial charge >= 0.3 is 0 Å². The first kappa shape index (κ1) is 11.7. The van der Waals surface area contributed by atoms with E-state index in [9.17, 15) is 4.39 Å². The molecule has 1 aromatic carbocycles. The van der Waals surface area contributed by atoms with Crippen LogP contribution in [-0.2, 0) is 13.1 Å². The van der Waals surface area contributed by atoms with Gasteiger partial charge in [0.05, 0.1) is 5.51 Å². The molecule has 0 amide bonds. The molecule has 0 bridgehead atoms. The molecule has 0 saturated heterocycles. The molecule has 0 aliphatic carbocycles. The van der Waals surface area contributed by atoms with E-state index >= 15 is 0 Å². The highest BCUT2D eigenvalue weighted by atomic mass is 79.9. The van der Waals surface area contributed by atoms with Crippen molar-refractivity contribution in [1.29, 1.82) is 0 Å². The van der Waals surface area contributed by atoms with E-state index in [0.29, 0.717) is 6.54 Å². The second kappa shape index (κ2) is 5.52. The van der Waals surface area contributed by atoms with E-state index in [1.807, 2.05) is 6.20 Å². The molecular weight excluding hydrogens is 291 g/mol. The Morgan fingerprint density at radius 2 is 2.25 bits per heavy atom. The molecule has 0 aliphatic rings. The minimum absolute atomic E-state index is 0.210. The van der Waals surface area contributed by atoms with Crippen LogP contribution in [0.2, 0.25) is 0 Å². The Labute approximate surface area is 106 Å². The summed E-state index contributed by atoms with van der Waals surface area (Å²) in [6.07, 6.45) is 1.83. The van der Waals surface area contributed by atoms with Crippen LogP contribution in [0.4, 0.5) is 4.39 Å². The quantitative estimate of drug-likeness (QED) is 0.937. The summed E-state index contributed by atoms with van der Waals surface area (Å²) in [6.45, 7) is 1.39. The average Bonchev–Trinajstić information content (AvgIpc) is 2.76. The summed E-state index contributed by atoms with van der Waals surface area (Å²) in [5.41, 5.74) is 2.72. The van der Waals surface area contributed by atoms with Crippen molar-refractivity contribution in [1.82, 2.24) is 10.3 Å². The van der Waals surface area contributed by atoms with E-state index in [0.717, 1.165) is 16.6 Å². The molecule has 0 radical (unpaired) electrons. The molecule has 2 nitrogen and oxygen atoms in total. The summed E-state index contributed by atoms with van der Waals surface area (Å²) < 4.78 is 13.9. The Morgan fingerprint density at radius 3 is 3.00 bits per heavy atom. The maximum atomic E-state index is 13.0. The molecule has 0 spiro atoms. The Balaban J connectivity index is 1.92. The van der Waals surface area contributed by atoms with Crippen molar-refractivity contribution in [3.63, 3.8) is 0 Å². The molecule has 2 aromatic rings. The standard InChI is InChI=1S/C11H10BrFN2S/c12-11-2-1-9(13)3-8(11)4-14-5-10-6-15-7-16-10/h1-3,6-7,14H,4-5H2. The molecule has 84 valence electrons. The van der Waals surface area contributed by atoms with Crippen LogP contribution in [-0.4, -0.2) is 4.98 Å². The molecule has 16 heavy (non-hydrogen) atoms. The summed E-state index contributed by atoms with van der Waals surface area (Å²) in [5, 5.41) is 3.25. The highest BCUT2D eigenvalue weighted by Crippen LogP contribution is 2.17. The molecule has 0 fully saturated rings. The normalized spacial score (nSPS) is 10.6. The first-order chi connectivity index (χ1) is 7.75. The van der Waals surface area contributed by atoms with Gasteiger partial charge in [-0.3, -0.25) is 4.98 Å². The molecule has 1 heterocycles. The summed E-state index contributed by atoms with van der Waals surface area (Å²) in [7, 11) is 0. The van der Waals surface area contributed by atoms with Gasteiger partial charge in [-0.05, 0) is 23.8 Å². The van der Waals surface area contributed by atoms with E-state index in [2.05, 4.69) is 26.2 Å². The second-order valence-corrected chi connectivity index (χ2v) is 5.13. The van der Waals surface area contributed by atoms with Crippen molar-refractivity contribution >= 4 is 27.3 Å². The van der Waals surface area contributed by atoms with Crippen LogP contribution in [0.15, 0.2) is 34.4 Å². The number of halogens is 2. The van der Waals surface area contributed by atoms with E-state index in [-0.39, 0.29) is 5.82 Å². The number of nitrogens with zero attached hydrogens (tertiary/aromatic N) is 1. The third kappa shape index (κ3) is 3.10. The lowest BCUT2D eigenvalue weighted by molar-refractivity contribution is 0.619. The van der Waals surface area contributed by atoms with Crippen molar-refractivity contribution in [3.05, 3.63) is 50.6 Å². The SMILES string of the molecule is Fc1ccc(Br)c(CNCc2cncs2)c1. The van der Waals surface area contributed by atoms with Gasteiger partial charge in [0.25, 0.3) is 0 Å². The number of nitrogens with one attached hydrogen (secondary N) is 1. The van der Waals surface area contributed by atoms with Crippen LogP contribution in [0.5, 0.6) is 0 Å². The van der Waals surface area contributed by atoms with Crippen molar-refractivity contribution in [2.24, 2.45) is 0 Å². The smallest absolute Gasteiger partial charge is 0.123 e.